The van der Waals surface area contributed by atoms with E-state index in [2.05, 4.69) is 4.98 Å². The van der Waals surface area contributed by atoms with E-state index in [-0.39, 0.29) is 5.78 Å². The topological polar surface area (TPSA) is 30.0 Å². The van der Waals surface area contributed by atoms with Crippen molar-refractivity contribution in [2.75, 3.05) is 0 Å². The van der Waals surface area contributed by atoms with Gasteiger partial charge in [0.1, 0.15) is 16.1 Å². The summed E-state index contributed by atoms with van der Waals surface area (Å²) < 4.78 is 0. The summed E-state index contributed by atoms with van der Waals surface area (Å²) >= 11 is 11.3. The van der Waals surface area contributed by atoms with Gasteiger partial charge in [-0.05, 0) is 24.6 Å². The van der Waals surface area contributed by atoms with Crippen molar-refractivity contribution in [2.24, 2.45) is 0 Å². The average molecular weight is 204 g/mol. The molecule has 0 unspecified atom stereocenters. The van der Waals surface area contributed by atoms with Crippen molar-refractivity contribution >= 4 is 29.0 Å². The Bertz CT molecular complexity index is 292. The van der Waals surface area contributed by atoms with Gasteiger partial charge >= 0.3 is 0 Å². The molecule has 0 N–H and O–H groups in total. The molecule has 0 aliphatic carbocycles. The zero-order valence-electron chi connectivity index (χ0n) is 6.47. The lowest BCUT2D eigenvalue weighted by atomic mass is 10.1. The van der Waals surface area contributed by atoms with E-state index in [0.717, 1.165) is 5.56 Å². The van der Waals surface area contributed by atoms with Gasteiger partial charge in [-0.25, -0.2) is 4.98 Å². The molecule has 0 aromatic carbocycles. The van der Waals surface area contributed by atoms with Crippen molar-refractivity contribution in [3.8, 4) is 0 Å². The van der Waals surface area contributed by atoms with E-state index in [0.29, 0.717) is 16.7 Å². The smallest absolute Gasteiger partial charge is 0.134 e. The number of nitrogens with zero attached hydrogens (tertiary/aromatic N) is 1. The predicted octanol–water partition coefficient (Wildman–Crippen LogP) is 2.52. The van der Waals surface area contributed by atoms with Crippen LogP contribution in [-0.4, -0.2) is 10.8 Å². The Labute approximate surface area is 80.5 Å². The molecule has 1 aromatic heterocycles. The highest BCUT2D eigenvalue weighted by atomic mass is 35.5. The van der Waals surface area contributed by atoms with E-state index in [1.165, 1.54) is 6.92 Å². The van der Waals surface area contributed by atoms with Crippen LogP contribution in [0, 0.1) is 0 Å². The Balaban J connectivity index is 2.93. The second-order valence-corrected chi connectivity index (χ2v) is 3.27. The van der Waals surface area contributed by atoms with Gasteiger partial charge in [-0.15, -0.1) is 0 Å². The molecular formula is C8H7Cl2NO. The minimum Gasteiger partial charge on any atom is -0.300 e. The zero-order valence-corrected chi connectivity index (χ0v) is 7.99. The van der Waals surface area contributed by atoms with Crippen LogP contribution in [0.25, 0.3) is 0 Å². The summed E-state index contributed by atoms with van der Waals surface area (Å²) in [5, 5.41) is 0.637. The molecule has 0 aliphatic heterocycles. The summed E-state index contributed by atoms with van der Waals surface area (Å²) in [6.45, 7) is 1.52. The second kappa shape index (κ2) is 3.87. The van der Waals surface area contributed by atoms with Crippen LogP contribution in [0.4, 0.5) is 0 Å². The normalized spacial score (nSPS) is 9.92. The van der Waals surface area contributed by atoms with Gasteiger partial charge < -0.3 is 0 Å². The SMILES string of the molecule is CC(=O)Cc1cc(Cl)nc(Cl)c1. The Hall–Kier alpha value is -0.600. The van der Waals surface area contributed by atoms with Crippen molar-refractivity contribution in [3.63, 3.8) is 0 Å². The number of aromatic nitrogens is 1. The summed E-state index contributed by atoms with van der Waals surface area (Å²) in [6, 6.07) is 3.27. The summed E-state index contributed by atoms with van der Waals surface area (Å²) in [5.74, 6) is 0.0772. The van der Waals surface area contributed by atoms with Crippen LogP contribution in [0.15, 0.2) is 12.1 Å². The van der Waals surface area contributed by atoms with Crippen molar-refractivity contribution in [1.82, 2.24) is 4.98 Å². The first-order valence-corrected chi connectivity index (χ1v) is 4.15. The van der Waals surface area contributed by atoms with E-state index < -0.39 is 0 Å². The zero-order chi connectivity index (χ0) is 9.14. The van der Waals surface area contributed by atoms with Crippen LogP contribution in [-0.2, 0) is 11.2 Å². The average Bonchev–Trinajstić information content (AvgIpc) is 1.81. The number of Topliss-reactive ketones (excluding diaryl/α,β-unsaturated/α-hetero) is 1. The van der Waals surface area contributed by atoms with Crippen molar-refractivity contribution in [2.45, 2.75) is 13.3 Å². The molecule has 0 aliphatic rings. The fraction of sp³-hybridized carbons (Fsp3) is 0.250. The number of hydrogen-bond acceptors (Lipinski definition) is 2. The van der Waals surface area contributed by atoms with Gasteiger partial charge in [0.2, 0.25) is 0 Å². The molecule has 0 spiro atoms. The number of carbonyl (C=O) groups is 1. The number of rotatable bonds is 2. The third-order valence-electron chi connectivity index (χ3n) is 1.28. The lowest BCUT2D eigenvalue weighted by Crippen LogP contribution is -1.96. The van der Waals surface area contributed by atoms with Crippen molar-refractivity contribution in [1.29, 1.82) is 0 Å². The highest BCUT2D eigenvalue weighted by Crippen LogP contribution is 2.14. The molecule has 0 saturated heterocycles. The summed E-state index contributed by atoms with van der Waals surface area (Å²) in [7, 11) is 0. The highest BCUT2D eigenvalue weighted by molar-refractivity contribution is 6.32. The van der Waals surface area contributed by atoms with Gasteiger partial charge in [0.05, 0.1) is 0 Å². The van der Waals surface area contributed by atoms with Gasteiger partial charge in [-0.1, -0.05) is 23.2 Å². The van der Waals surface area contributed by atoms with E-state index in [1.54, 1.807) is 12.1 Å². The largest absolute Gasteiger partial charge is 0.300 e. The minimum absolute atomic E-state index is 0.0772. The molecule has 0 atom stereocenters. The first-order valence-electron chi connectivity index (χ1n) is 3.39. The molecule has 1 heterocycles. The molecule has 12 heavy (non-hydrogen) atoms. The standard InChI is InChI=1S/C8H7Cl2NO/c1-5(12)2-6-3-7(9)11-8(10)4-6/h3-4H,2H2,1H3. The van der Waals surface area contributed by atoms with Crippen LogP contribution in [0.1, 0.15) is 12.5 Å². The van der Waals surface area contributed by atoms with E-state index in [1.807, 2.05) is 0 Å². The fourth-order valence-electron chi connectivity index (χ4n) is 0.904. The van der Waals surface area contributed by atoms with E-state index in [9.17, 15) is 4.79 Å². The third kappa shape index (κ3) is 2.80. The Morgan fingerprint density at radius 1 is 1.42 bits per heavy atom. The fourth-order valence-corrected chi connectivity index (χ4v) is 1.41. The first-order chi connectivity index (χ1) is 5.58. The summed E-state index contributed by atoms with van der Waals surface area (Å²) in [4.78, 5) is 14.5. The quantitative estimate of drug-likeness (QED) is 0.692. The monoisotopic (exact) mass is 203 g/mol. The molecule has 0 bridgehead atoms. The molecule has 0 radical (unpaired) electrons. The van der Waals surface area contributed by atoms with Gasteiger partial charge in [0, 0.05) is 6.42 Å². The summed E-state index contributed by atoms with van der Waals surface area (Å²) in [5.41, 5.74) is 0.799. The third-order valence-corrected chi connectivity index (χ3v) is 1.66. The van der Waals surface area contributed by atoms with Crippen LogP contribution >= 0.6 is 23.2 Å². The van der Waals surface area contributed by atoms with Crippen molar-refractivity contribution in [3.05, 3.63) is 28.0 Å². The number of ketones is 1. The van der Waals surface area contributed by atoms with Crippen LogP contribution in [0.2, 0.25) is 10.3 Å². The molecule has 0 fully saturated rings. The first kappa shape index (κ1) is 9.49. The summed E-state index contributed by atoms with van der Waals surface area (Å²) in [6.07, 6.45) is 0.349. The van der Waals surface area contributed by atoms with Gasteiger partial charge in [-0.2, -0.15) is 0 Å². The highest BCUT2D eigenvalue weighted by Gasteiger charge is 2.01. The Morgan fingerprint density at radius 3 is 2.33 bits per heavy atom. The maximum atomic E-state index is 10.7. The van der Waals surface area contributed by atoms with E-state index in [4.69, 9.17) is 23.2 Å². The number of hydrogen-bond donors (Lipinski definition) is 0. The van der Waals surface area contributed by atoms with Crippen LogP contribution in [0.3, 0.4) is 0 Å². The lowest BCUT2D eigenvalue weighted by molar-refractivity contribution is -0.116. The number of carbonyl (C=O) groups excluding carboxylic acids is 1. The van der Waals surface area contributed by atoms with Gasteiger partial charge in [0.25, 0.3) is 0 Å². The molecule has 2 nitrogen and oxygen atoms in total. The van der Waals surface area contributed by atoms with Crippen molar-refractivity contribution < 1.29 is 4.79 Å². The van der Waals surface area contributed by atoms with Crippen LogP contribution < -0.4 is 0 Å². The Kier molecular flexibility index (Phi) is 3.06. The Morgan fingerprint density at radius 2 is 1.92 bits per heavy atom. The van der Waals surface area contributed by atoms with Gasteiger partial charge in [-0.3, -0.25) is 4.79 Å². The van der Waals surface area contributed by atoms with Gasteiger partial charge in [0.15, 0.2) is 0 Å². The molecule has 4 heteroatoms. The number of halogens is 2. The molecule has 64 valence electrons. The predicted molar refractivity (Wildman–Crippen MR) is 48.6 cm³/mol. The maximum Gasteiger partial charge on any atom is 0.134 e. The minimum atomic E-state index is 0.0772. The molecule has 0 amide bonds. The van der Waals surface area contributed by atoms with E-state index >= 15 is 0 Å². The maximum absolute atomic E-state index is 10.7. The second-order valence-electron chi connectivity index (χ2n) is 2.50. The molecular weight excluding hydrogens is 197 g/mol. The van der Waals surface area contributed by atoms with Crippen LogP contribution in [0.5, 0.6) is 0 Å². The molecule has 1 aromatic rings. The molecule has 0 saturated carbocycles. The lowest BCUT2D eigenvalue weighted by Gasteiger charge is -1.98. The number of pyridine rings is 1. The molecule has 1 rings (SSSR count).